The van der Waals surface area contributed by atoms with E-state index in [0.717, 1.165) is 31.7 Å². The van der Waals surface area contributed by atoms with E-state index in [2.05, 4.69) is 35.3 Å². The van der Waals surface area contributed by atoms with Gasteiger partial charge in [0.2, 0.25) is 0 Å². The van der Waals surface area contributed by atoms with Crippen LogP contribution in [0.5, 0.6) is 5.75 Å². The Balaban J connectivity index is 1.32. The van der Waals surface area contributed by atoms with Gasteiger partial charge in [0.1, 0.15) is 5.75 Å². The third-order valence-corrected chi connectivity index (χ3v) is 4.94. The van der Waals surface area contributed by atoms with Gasteiger partial charge < -0.3 is 14.6 Å². The molecule has 4 rings (SSSR count). The van der Waals surface area contributed by atoms with Crippen molar-refractivity contribution < 1.29 is 9.53 Å². The smallest absolute Gasteiger partial charge is 0.260 e. The molecule has 0 saturated carbocycles. The molecule has 1 amide bonds. The summed E-state index contributed by atoms with van der Waals surface area (Å²) in [6, 6.07) is 20.1. The van der Waals surface area contributed by atoms with E-state index in [1.54, 1.807) is 0 Å². The summed E-state index contributed by atoms with van der Waals surface area (Å²) in [7, 11) is 0. The summed E-state index contributed by atoms with van der Waals surface area (Å²) < 4.78 is 5.58. The van der Waals surface area contributed by atoms with E-state index in [1.807, 2.05) is 35.2 Å². The molecule has 0 aliphatic carbocycles. The monoisotopic (exact) mass is 334 g/mol. The fourth-order valence-corrected chi connectivity index (χ4v) is 3.51. The van der Waals surface area contributed by atoms with Crippen molar-refractivity contribution in [3.05, 3.63) is 66.4 Å². The van der Waals surface area contributed by atoms with E-state index in [9.17, 15) is 4.79 Å². The van der Waals surface area contributed by atoms with E-state index in [0.29, 0.717) is 5.92 Å². The highest BCUT2D eigenvalue weighted by molar-refractivity contribution is 5.80. The molecule has 1 N–H and O–H groups in total. The second kappa shape index (κ2) is 7.01. The SMILES string of the molecule is O=C(COc1ccccc1)N1CCC(c2cc3ccccc3[nH]2)CC1. The number of H-pyrrole nitrogens is 1. The average Bonchev–Trinajstić information content (AvgIpc) is 3.11. The van der Waals surface area contributed by atoms with Crippen LogP contribution >= 0.6 is 0 Å². The molecule has 0 radical (unpaired) electrons. The van der Waals surface area contributed by atoms with Gasteiger partial charge in [-0.15, -0.1) is 0 Å². The normalized spacial score (nSPS) is 15.4. The number of likely N-dealkylation sites (tertiary alicyclic amines) is 1. The summed E-state index contributed by atoms with van der Waals surface area (Å²) in [6.07, 6.45) is 1.98. The minimum atomic E-state index is 0.0685. The molecule has 3 aromatic rings. The van der Waals surface area contributed by atoms with Crippen LogP contribution in [0.2, 0.25) is 0 Å². The lowest BCUT2D eigenvalue weighted by Gasteiger charge is -2.31. The van der Waals surface area contributed by atoms with Crippen molar-refractivity contribution in [2.45, 2.75) is 18.8 Å². The standard InChI is InChI=1S/C21H22N2O2/c24-21(15-25-18-7-2-1-3-8-18)23-12-10-16(11-13-23)20-14-17-6-4-5-9-19(17)22-20/h1-9,14,16,22H,10-13,15H2. The highest BCUT2D eigenvalue weighted by Gasteiger charge is 2.25. The fraction of sp³-hybridized carbons (Fsp3) is 0.286. The van der Waals surface area contributed by atoms with Crippen LogP contribution in [0, 0.1) is 0 Å². The van der Waals surface area contributed by atoms with E-state index in [1.165, 1.54) is 16.6 Å². The molecule has 4 nitrogen and oxygen atoms in total. The molecule has 4 heteroatoms. The quantitative estimate of drug-likeness (QED) is 0.785. The van der Waals surface area contributed by atoms with Gasteiger partial charge >= 0.3 is 0 Å². The van der Waals surface area contributed by atoms with Crippen molar-refractivity contribution in [3.63, 3.8) is 0 Å². The van der Waals surface area contributed by atoms with Gasteiger partial charge in [0.25, 0.3) is 5.91 Å². The number of para-hydroxylation sites is 2. The minimum Gasteiger partial charge on any atom is -0.484 e. The van der Waals surface area contributed by atoms with Crippen molar-refractivity contribution in [3.8, 4) is 5.75 Å². The molecule has 2 heterocycles. The van der Waals surface area contributed by atoms with Gasteiger partial charge in [0, 0.05) is 30.2 Å². The molecule has 25 heavy (non-hydrogen) atoms. The Morgan fingerprint density at radius 3 is 2.52 bits per heavy atom. The summed E-state index contributed by atoms with van der Waals surface area (Å²) in [5.41, 5.74) is 2.47. The topological polar surface area (TPSA) is 45.3 Å². The number of fused-ring (bicyclic) bond motifs is 1. The molecule has 128 valence electrons. The van der Waals surface area contributed by atoms with E-state index < -0.39 is 0 Å². The number of ether oxygens (including phenoxy) is 1. The number of benzene rings is 2. The number of piperidine rings is 1. The second-order valence-electron chi connectivity index (χ2n) is 6.57. The lowest BCUT2D eigenvalue weighted by Crippen LogP contribution is -2.40. The molecule has 0 atom stereocenters. The van der Waals surface area contributed by atoms with E-state index >= 15 is 0 Å². The van der Waals surface area contributed by atoms with Gasteiger partial charge in [-0.1, -0.05) is 36.4 Å². The maximum Gasteiger partial charge on any atom is 0.260 e. The van der Waals surface area contributed by atoms with Crippen LogP contribution in [-0.2, 0) is 4.79 Å². The second-order valence-corrected chi connectivity index (χ2v) is 6.57. The summed E-state index contributed by atoms with van der Waals surface area (Å²) in [5.74, 6) is 1.30. The van der Waals surface area contributed by atoms with Crippen molar-refractivity contribution in [2.24, 2.45) is 0 Å². The van der Waals surface area contributed by atoms with Crippen LogP contribution in [0.4, 0.5) is 0 Å². The van der Waals surface area contributed by atoms with Gasteiger partial charge in [-0.25, -0.2) is 0 Å². The number of hydrogen-bond donors (Lipinski definition) is 1. The molecular formula is C21H22N2O2. The third kappa shape index (κ3) is 3.53. The molecule has 0 spiro atoms. The van der Waals surface area contributed by atoms with Gasteiger partial charge in [0.05, 0.1) is 0 Å². The number of nitrogens with one attached hydrogen (secondary N) is 1. The number of carbonyl (C=O) groups excluding carboxylic acids is 1. The molecule has 0 unspecified atom stereocenters. The number of nitrogens with zero attached hydrogens (tertiary/aromatic N) is 1. The number of aromatic nitrogens is 1. The Hall–Kier alpha value is -2.75. The molecule has 1 fully saturated rings. The predicted molar refractivity (Wildman–Crippen MR) is 98.8 cm³/mol. The number of hydrogen-bond acceptors (Lipinski definition) is 2. The highest BCUT2D eigenvalue weighted by atomic mass is 16.5. The van der Waals surface area contributed by atoms with Gasteiger partial charge in [-0.05, 0) is 42.5 Å². The third-order valence-electron chi connectivity index (χ3n) is 4.94. The number of carbonyl (C=O) groups is 1. The minimum absolute atomic E-state index is 0.0685. The average molecular weight is 334 g/mol. The zero-order valence-electron chi connectivity index (χ0n) is 14.2. The largest absolute Gasteiger partial charge is 0.484 e. The number of amides is 1. The summed E-state index contributed by atoms with van der Waals surface area (Å²) in [4.78, 5) is 17.8. The van der Waals surface area contributed by atoms with Crippen molar-refractivity contribution in [1.82, 2.24) is 9.88 Å². The molecule has 0 bridgehead atoms. The first-order valence-corrected chi connectivity index (χ1v) is 8.83. The Morgan fingerprint density at radius 2 is 1.76 bits per heavy atom. The molecule has 2 aromatic carbocycles. The highest BCUT2D eigenvalue weighted by Crippen LogP contribution is 2.29. The van der Waals surface area contributed by atoms with Gasteiger partial charge in [0.15, 0.2) is 6.61 Å². The number of aromatic amines is 1. The summed E-state index contributed by atoms with van der Waals surface area (Å²) in [6.45, 7) is 1.69. The Kier molecular flexibility index (Phi) is 4.42. The van der Waals surface area contributed by atoms with Crippen LogP contribution in [0.15, 0.2) is 60.7 Å². The molecular weight excluding hydrogens is 312 g/mol. The molecule has 1 aliphatic heterocycles. The van der Waals surface area contributed by atoms with Gasteiger partial charge in [-0.2, -0.15) is 0 Å². The lowest BCUT2D eigenvalue weighted by atomic mass is 9.93. The Morgan fingerprint density at radius 1 is 1.04 bits per heavy atom. The Labute approximate surface area is 147 Å². The van der Waals surface area contributed by atoms with Crippen LogP contribution in [0.3, 0.4) is 0 Å². The van der Waals surface area contributed by atoms with Crippen LogP contribution in [0.1, 0.15) is 24.5 Å². The molecule has 1 aliphatic rings. The fourth-order valence-electron chi connectivity index (χ4n) is 3.51. The Bertz CT molecular complexity index is 815. The maximum absolute atomic E-state index is 12.3. The van der Waals surface area contributed by atoms with Crippen LogP contribution in [-0.4, -0.2) is 35.5 Å². The maximum atomic E-state index is 12.3. The first-order valence-electron chi connectivity index (χ1n) is 8.83. The summed E-state index contributed by atoms with van der Waals surface area (Å²) >= 11 is 0. The summed E-state index contributed by atoms with van der Waals surface area (Å²) in [5, 5.41) is 1.26. The van der Waals surface area contributed by atoms with Crippen molar-refractivity contribution >= 4 is 16.8 Å². The first-order chi connectivity index (χ1) is 12.3. The number of rotatable bonds is 4. The predicted octanol–water partition coefficient (Wildman–Crippen LogP) is 3.95. The lowest BCUT2D eigenvalue weighted by molar-refractivity contribution is -0.134. The zero-order chi connectivity index (χ0) is 17.1. The van der Waals surface area contributed by atoms with Crippen molar-refractivity contribution in [2.75, 3.05) is 19.7 Å². The van der Waals surface area contributed by atoms with Gasteiger partial charge in [-0.3, -0.25) is 4.79 Å². The van der Waals surface area contributed by atoms with Crippen LogP contribution in [0.25, 0.3) is 10.9 Å². The van der Waals surface area contributed by atoms with Crippen LogP contribution < -0.4 is 4.74 Å². The zero-order valence-corrected chi connectivity index (χ0v) is 14.2. The van der Waals surface area contributed by atoms with E-state index in [4.69, 9.17) is 4.74 Å². The first kappa shape index (κ1) is 15.8. The van der Waals surface area contributed by atoms with E-state index in [-0.39, 0.29) is 12.5 Å². The molecule has 1 saturated heterocycles. The van der Waals surface area contributed by atoms with Crippen molar-refractivity contribution in [1.29, 1.82) is 0 Å². The molecule has 1 aromatic heterocycles.